The first-order chi connectivity index (χ1) is 12.0. The topological polar surface area (TPSA) is 49.0 Å². The van der Waals surface area contributed by atoms with Gasteiger partial charge in [0.15, 0.2) is 0 Å². The van der Waals surface area contributed by atoms with Crippen LogP contribution in [0.2, 0.25) is 5.02 Å². The molecule has 1 atom stereocenters. The molecule has 4 nitrogen and oxygen atoms in total. The molecule has 1 aliphatic rings. The van der Waals surface area contributed by atoms with Gasteiger partial charge in [-0.1, -0.05) is 23.7 Å². The molecule has 1 saturated heterocycles. The third-order valence-corrected chi connectivity index (χ3v) is 5.09. The van der Waals surface area contributed by atoms with Gasteiger partial charge in [0.1, 0.15) is 5.82 Å². The average molecular weight is 358 g/mol. The van der Waals surface area contributed by atoms with Gasteiger partial charge in [-0.2, -0.15) is 5.10 Å². The number of rotatable bonds is 2. The molecular weight excluding hydrogens is 341 g/mol. The Morgan fingerprint density at radius 1 is 1.32 bits per heavy atom. The summed E-state index contributed by atoms with van der Waals surface area (Å²) in [5.74, 6) is -0.805. The highest BCUT2D eigenvalue weighted by Gasteiger charge is 2.32. The molecule has 6 heteroatoms. The maximum Gasteiger partial charge on any atom is 0.257 e. The Morgan fingerprint density at radius 3 is 2.84 bits per heavy atom. The van der Waals surface area contributed by atoms with Crippen molar-refractivity contribution in [3.8, 4) is 0 Å². The Balaban J connectivity index is 1.71. The van der Waals surface area contributed by atoms with E-state index in [-0.39, 0.29) is 17.5 Å². The lowest BCUT2D eigenvalue weighted by Gasteiger charge is -2.25. The van der Waals surface area contributed by atoms with E-state index in [0.717, 1.165) is 29.5 Å². The number of nitrogens with zero attached hydrogens (tertiary/aromatic N) is 2. The largest absolute Gasteiger partial charge is 0.332 e. The zero-order chi connectivity index (χ0) is 17.6. The Hall–Kier alpha value is -2.40. The number of hydrogen-bond donors (Lipinski definition) is 1. The summed E-state index contributed by atoms with van der Waals surface area (Å²) >= 11 is 5.95. The number of benzene rings is 2. The molecule has 0 bridgehead atoms. The lowest BCUT2D eigenvalue weighted by molar-refractivity contribution is 0.0731. The Labute approximate surface area is 149 Å². The smallest absolute Gasteiger partial charge is 0.257 e. The molecule has 1 aliphatic heterocycles. The summed E-state index contributed by atoms with van der Waals surface area (Å²) in [7, 11) is 0. The standard InChI is InChI=1S/C19H17ClFN3O/c1-11-14-9-15(16(21)10-17(14)23-22-11)19(25)24-8-2-3-18(24)12-4-6-13(20)7-5-12/h4-7,9-10,18H,2-3,8H2,1H3,(H,22,23)/t18-/m1/s1. The van der Waals surface area contributed by atoms with Crippen molar-refractivity contribution in [2.75, 3.05) is 6.54 Å². The highest BCUT2D eigenvalue weighted by atomic mass is 35.5. The molecule has 0 aliphatic carbocycles. The van der Waals surface area contributed by atoms with Crippen LogP contribution in [0.3, 0.4) is 0 Å². The monoisotopic (exact) mass is 357 g/mol. The lowest BCUT2D eigenvalue weighted by atomic mass is 10.0. The number of carbonyl (C=O) groups excluding carboxylic acids is 1. The Kier molecular flexibility index (Phi) is 3.96. The van der Waals surface area contributed by atoms with Crippen LogP contribution in [-0.4, -0.2) is 27.5 Å². The van der Waals surface area contributed by atoms with E-state index < -0.39 is 5.82 Å². The quantitative estimate of drug-likeness (QED) is 0.726. The summed E-state index contributed by atoms with van der Waals surface area (Å²) in [6.07, 6.45) is 1.76. The SMILES string of the molecule is Cc1n[nH]c2cc(F)c(C(=O)N3CCC[C@@H]3c3ccc(Cl)cc3)cc12. The van der Waals surface area contributed by atoms with E-state index in [4.69, 9.17) is 11.6 Å². The van der Waals surface area contributed by atoms with E-state index in [0.29, 0.717) is 17.1 Å². The van der Waals surface area contributed by atoms with Crippen molar-refractivity contribution in [2.45, 2.75) is 25.8 Å². The number of aromatic nitrogens is 2. The summed E-state index contributed by atoms with van der Waals surface area (Å²) in [6.45, 7) is 2.45. The molecule has 0 saturated carbocycles. The minimum atomic E-state index is -0.525. The van der Waals surface area contributed by atoms with Crippen LogP contribution in [0.25, 0.3) is 10.9 Å². The minimum absolute atomic E-state index is 0.0506. The number of halogens is 2. The van der Waals surface area contributed by atoms with Crippen LogP contribution in [0.1, 0.15) is 40.5 Å². The highest BCUT2D eigenvalue weighted by Crippen LogP contribution is 2.34. The second kappa shape index (κ2) is 6.15. The molecule has 25 heavy (non-hydrogen) atoms. The highest BCUT2D eigenvalue weighted by molar-refractivity contribution is 6.30. The average Bonchev–Trinajstić information content (AvgIpc) is 3.22. The second-order valence-corrected chi connectivity index (χ2v) is 6.83. The van der Waals surface area contributed by atoms with Crippen molar-refractivity contribution in [1.82, 2.24) is 15.1 Å². The molecule has 2 heterocycles. The van der Waals surface area contributed by atoms with E-state index in [1.165, 1.54) is 6.07 Å². The van der Waals surface area contributed by atoms with Crippen molar-refractivity contribution < 1.29 is 9.18 Å². The first-order valence-electron chi connectivity index (χ1n) is 8.25. The molecule has 1 N–H and O–H groups in total. The maximum atomic E-state index is 14.5. The summed E-state index contributed by atoms with van der Waals surface area (Å²) in [6, 6.07) is 10.4. The number of nitrogens with one attached hydrogen (secondary N) is 1. The number of aryl methyl sites for hydroxylation is 1. The van der Waals surface area contributed by atoms with Gasteiger partial charge in [0.05, 0.1) is 22.8 Å². The first-order valence-corrected chi connectivity index (χ1v) is 8.63. The number of fused-ring (bicyclic) bond motifs is 1. The summed E-state index contributed by atoms with van der Waals surface area (Å²) in [4.78, 5) is 14.8. The van der Waals surface area contributed by atoms with Crippen molar-refractivity contribution in [1.29, 1.82) is 0 Å². The van der Waals surface area contributed by atoms with Gasteiger partial charge in [0.2, 0.25) is 0 Å². The molecule has 4 rings (SSSR count). The van der Waals surface area contributed by atoms with Crippen LogP contribution in [0.4, 0.5) is 4.39 Å². The number of amides is 1. The van der Waals surface area contributed by atoms with Crippen molar-refractivity contribution in [3.05, 3.63) is 64.1 Å². The number of carbonyl (C=O) groups is 1. The molecular formula is C19H17ClFN3O. The van der Waals surface area contributed by atoms with Crippen LogP contribution in [-0.2, 0) is 0 Å². The third-order valence-electron chi connectivity index (χ3n) is 4.84. The predicted octanol–water partition coefficient (Wildman–Crippen LogP) is 4.64. The molecule has 0 unspecified atom stereocenters. The van der Waals surface area contributed by atoms with E-state index in [1.807, 2.05) is 31.2 Å². The van der Waals surface area contributed by atoms with Gasteiger partial charge in [-0.3, -0.25) is 9.89 Å². The first kappa shape index (κ1) is 16.1. The van der Waals surface area contributed by atoms with Crippen molar-refractivity contribution in [3.63, 3.8) is 0 Å². The van der Waals surface area contributed by atoms with Gasteiger partial charge < -0.3 is 4.90 Å². The summed E-state index contributed by atoms with van der Waals surface area (Å²) < 4.78 is 14.5. The van der Waals surface area contributed by atoms with Gasteiger partial charge in [0.25, 0.3) is 5.91 Å². The fourth-order valence-electron chi connectivity index (χ4n) is 3.53. The van der Waals surface area contributed by atoms with Crippen LogP contribution in [0.15, 0.2) is 36.4 Å². The second-order valence-electron chi connectivity index (χ2n) is 6.39. The van der Waals surface area contributed by atoms with Crippen LogP contribution in [0.5, 0.6) is 0 Å². The van der Waals surface area contributed by atoms with E-state index in [1.54, 1.807) is 11.0 Å². The van der Waals surface area contributed by atoms with Crippen molar-refractivity contribution >= 4 is 28.4 Å². The third kappa shape index (κ3) is 2.78. The van der Waals surface area contributed by atoms with Gasteiger partial charge in [-0.25, -0.2) is 4.39 Å². The van der Waals surface area contributed by atoms with E-state index in [9.17, 15) is 9.18 Å². The minimum Gasteiger partial charge on any atom is -0.332 e. The molecule has 1 amide bonds. The molecule has 0 spiro atoms. The van der Waals surface area contributed by atoms with Gasteiger partial charge in [-0.05, 0) is 43.5 Å². The van der Waals surface area contributed by atoms with E-state index in [2.05, 4.69) is 10.2 Å². The molecule has 1 fully saturated rings. The normalized spacial score (nSPS) is 17.4. The number of likely N-dealkylation sites (tertiary alicyclic amines) is 1. The molecule has 3 aromatic rings. The van der Waals surface area contributed by atoms with Crippen LogP contribution >= 0.6 is 11.6 Å². The summed E-state index contributed by atoms with van der Waals surface area (Å²) in [5, 5.41) is 8.28. The van der Waals surface area contributed by atoms with Gasteiger partial charge in [0, 0.05) is 23.0 Å². The van der Waals surface area contributed by atoms with Crippen LogP contribution in [0, 0.1) is 12.7 Å². The summed E-state index contributed by atoms with van der Waals surface area (Å²) in [5.41, 5.74) is 2.47. The maximum absolute atomic E-state index is 14.5. The zero-order valence-corrected chi connectivity index (χ0v) is 14.5. The fourth-order valence-corrected chi connectivity index (χ4v) is 3.66. The zero-order valence-electron chi connectivity index (χ0n) is 13.7. The van der Waals surface area contributed by atoms with E-state index >= 15 is 0 Å². The number of H-pyrrole nitrogens is 1. The fraction of sp³-hybridized carbons (Fsp3) is 0.263. The number of aromatic amines is 1. The number of hydrogen-bond acceptors (Lipinski definition) is 2. The Morgan fingerprint density at radius 2 is 2.08 bits per heavy atom. The molecule has 0 radical (unpaired) electrons. The van der Waals surface area contributed by atoms with Crippen molar-refractivity contribution in [2.24, 2.45) is 0 Å². The molecule has 1 aromatic heterocycles. The van der Waals surface area contributed by atoms with Gasteiger partial charge >= 0.3 is 0 Å². The Bertz CT molecular complexity index is 951. The predicted molar refractivity (Wildman–Crippen MR) is 95.3 cm³/mol. The van der Waals surface area contributed by atoms with Gasteiger partial charge in [-0.15, -0.1) is 0 Å². The molecule has 2 aromatic carbocycles. The molecule has 128 valence electrons. The lowest BCUT2D eigenvalue weighted by Crippen LogP contribution is -2.31. The van der Waals surface area contributed by atoms with Crippen LogP contribution < -0.4 is 0 Å².